The number of aromatic nitrogens is 2. The third-order valence-electron chi connectivity index (χ3n) is 2.56. The van der Waals surface area contributed by atoms with Crippen molar-refractivity contribution in [3.05, 3.63) is 29.5 Å². The molecule has 0 bridgehead atoms. The summed E-state index contributed by atoms with van der Waals surface area (Å²) in [7, 11) is -2.93. The van der Waals surface area contributed by atoms with Crippen LogP contribution in [0.15, 0.2) is 24.3 Å². The monoisotopic (exact) mass is 299 g/mol. The van der Waals surface area contributed by atoms with E-state index in [0.29, 0.717) is 18.8 Å². The summed E-state index contributed by atoms with van der Waals surface area (Å²) >= 11 is 5.85. The van der Waals surface area contributed by atoms with Crippen LogP contribution in [0.4, 0.5) is 5.82 Å². The molecule has 0 aliphatic heterocycles. The molecule has 0 amide bonds. The summed E-state index contributed by atoms with van der Waals surface area (Å²) in [5.41, 5.74) is 0.758. The van der Waals surface area contributed by atoms with Gasteiger partial charge in [0, 0.05) is 18.2 Å². The molecule has 5 nitrogen and oxygen atoms in total. The molecule has 0 saturated heterocycles. The fourth-order valence-electron chi connectivity index (χ4n) is 1.72. The first-order valence-electron chi connectivity index (χ1n) is 5.79. The zero-order valence-corrected chi connectivity index (χ0v) is 12.0. The molecule has 1 aromatic carbocycles. The average Bonchev–Trinajstić information content (AvgIpc) is 2.33. The van der Waals surface area contributed by atoms with Gasteiger partial charge < -0.3 is 5.32 Å². The first-order chi connectivity index (χ1) is 8.96. The highest BCUT2D eigenvalue weighted by molar-refractivity contribution is 7.90. The SMILES string of the molecule is CS(=O)(=O)CCCNc1nc(Cl)nc2ccccc12. The van der Waals surface area contributed by atoms with Gasteiger partial charge in [0.15, 0.2) is 0 Å². The lowest BCUT2D eigenvalue weighted by Gasteiger charge is -2.08. The van der Waals surface area contributed by atoms with E-state index in [9.17, 15) is 8.42 Å². The molecule has 7 heteroatoms. The van der Waals surface area contributed by atoms with Crippen LogP contribution in [0.1, 0.15) is 6.42 Å². The van der Waals surface area contributed by atoms with Crippen LogP contribution in [-0.2, 0) is 9.84 Å². The molecule has 102 valence electrons. The number of nitrogens with zero attached hydrogens (tertiary/aromatic N) is 2. The number of benzene rings is 1. The van der Waals surface area contributed by atoms with Gasteiger partial charge in [-0.2, -0.15) is 0 Å². The maximum Gasteiger partial charge on any atom is 0.224 e. The number of fused-ring (bicyclic) bond motifs is 1. The van der Waals surface area contributed by atoms with E-state index in [0.717, 1.165) is 10.9 Å². The van der Waals surface area contributed by atoms with Gasteiger partial charge in [-0.3, -0.25) is 0 Å². The largest absolute Gasteiger partial charge is 0.369 e. The van der Waals surface area contributed by atoms with Crippen LogP contribution in [0.2, 0.25) is 5.28 Å². The van der Waals surface area contributed by atoms with Crippen LogP contribution in [0, 0.1) is 0 Å². The highest BCUT2D eigenvalue weighted by atomic mass is 35.5. The van der Waals surface area contributed by atoms with Gasteiger partial charge in [0.25, 0.3) is 0 Å². The van der Waals surface area contributed by atoms with Gasteiger partial charge >= 0.3 is 0 Å². The molecule has 0 aliphatic rings. The van der Waals surface area contributed by atoms with Crippen LogP contribution in [0.3, 0.4) is 0 Å². The van der Waals surface area contributed by atoms with Crippen LogP contribution in [-0.4, -0.2) is 36.9 Å². The Bertz CT molecular complexity index is 688. The molecule has 1 heterocycles. The molecule has 2 rings (SSSR count). The van der Waals surface area contributed by atoms with Gasteiger partial charge in [-0.1, -0.05) is 12.1 Å². The Kier molecular flexibility index (Phi) is 4.21. The fourth-order valence-corrected chi connectivity index (χ4v) is 2.57. The highest BCUT2D eigenvalue weighted by Crippen LogP contribution is 2.21. The molecule has 0 spiro atoms. The number of sulfone groups is 1. The van der Waals surface area contributed by atoms with Gasteiger partial charge in [0.1, 0.15) is 15.7 Å². The molecule has 0 aliphatic carbocycles. The second-order valence-electron chi connectivity index (χ2n) is 4.27. The Balaban J connectivity index is 2.12. The molecule has 1 N–H and O–H groups in total. The van der Waals surface area contributed by atoms with Crippen molar-refractivity contribution in [2.75, 3.05) is 23.9 Å². The maximum absolute atomic E-state index is 11.0. The minimum Gasteiger partial charge on any atom is -0.369 e. The predicted molar refractivity (Wildman–Crippen MR) is 77.4 cm³/mol. The molecule has 2 aromatic rings. The van der Waals surface area contributed by atoms with E-state index < -0.39 is 9.84 Å². The summed E-state index contributed by atoms with van der Waals surface area (Å²) in [6, 6.07) is 7.51. The maximum atomic E-state index is 11.0. The van der Waals surface area contributed by atoms with Gasteiger partial charge in [-0.25, -0.2) is 18.4 Å². The van der Waals surface area contributed by atoms with Crippen molar-refractivity contribution >= 4 is 38.2 Å². The summed E-state index contributed by atoms with van der Waals surface area (Å²) in [6.45, 7) is 0.518. The van der Waals surface area contributed by atoms with Crippen molar-refractivity contribution in [2.24, 2.45) is 0 Å². The summed E-state index contributed by atoms with van der Waals surface area (Å²) in [5.74, 6) is 0.778. The summed E-state index contributed by atoms with van der Waals surface area (Å²) in [4.78, 5) is 8.25. The van der Waals surface area contributed by atoms with E-state index in [-0.39, 0.29) is 11.0 Å². The summed E-state index contributed by atoms with van der Waals surface area (Å²) in [6.07, 6.45) is 1.75. The molecule has 0 saturated carbocycles. The Morgan fingerprint density at radius 3 is 2.74 bits per heavy atom. The third kappa shape index (κ3) is 4.04. The number of nitrogens with one attached hydrogen (secondary N) is 1. The number of hydrogen-bond acceptors (Lipinski definition) is 5. The van der Waals surface area contributed by atoms with E-state index >= 15 is 0 Å². The van der Waals surface area contributed by atoms with Crippen molar-refractivity contribution in [1.29, 1.82) is 0 Å². The second-order valence-corrected chi connectivity index (χ2v) is 6.87. The van der Waals surface area contributed by atoms with Crippen molar-refractivity contribution in [2.45, 2.75) is 6.42 Å². The highest BCUT2D eigenvalue weighted by Gasteiger charge is 2.06. The number of hydrogen-bond donors (Lipinski definition) is 1. The quantitative estimate of drug-likeness (QED) is 0.676. The third-order valence-corrected chi connectivity index (χ3v) is 3.76. The van der Waals surface area contributed by atoms with E-state index in [2.05, 4.69) is 15.3 Å². The van der Waals surface area contributed by atoms with Gasteiger partial charge in [0.05, 0.1) is 11.3 Å². The van der Waals surface area contributed by atoms with E-state index in [4.69, 9.17) is 11.6 Å². The smallest absolute Gasteiger partial charge is 0.224 e. The Labute approximate surface area is 116 Å². The first-order valence-corrected chi connectivity index (χ1v) is 8.23. The molecule has 0 radical (unpaired) electrons. The minimum absolute atomic E-state index is 0.150. The molecular formula is C12H14ClN3O2S. The number of anilines is 1. The van der Waals surface area contributed by atoms with Crippen LogP contribution < -0.4 is 5.32 Å². The molecular weight excluding hydrogens is 286 g/mol. The van der Waals surface area contributed by atoms with Crippen molar-refractivity contribution in [3.8, 4) is 0 Å². The predicted octanol–water partition coefficient (Wildman–Crippen LogP) is 2.13. The average molecular weight is 300 g/mol. The van der Waals surface area contributed by atoms with Crippen molar-refractivity contribution in [3.63, 3.8) is 0 Å². The van der Waals surface area contributed by atoms with Crippen LogP contribution >= 0.6 is 11.6 Å². The molecule has 0 atom stereocenters. The lowest BCUT2D eigenvalue weighted by Crippen LogP contribution is -2.11. The number of rotatable bonds is 5. The first kappa shape index (κ1) is 14.0. The Morgan fingerprint density at radius 1 is 1.26 bits per heavy atom. The number of halogens is 1. The summed E-state index contributed by atoms with van der Waals surface area (Å²) in [5, 5.41) is 4.14. The Hall–Kier alpha value is -1.40. The lowest BCUT2D eigenvalue weighted by atomic mass is 10.2. The number of para-hydroxylation sites is 1. The molecule has 1 aromatic heterocycles. The van der Waals surface area contributed by atoms with Crippen LogP contribution in [0.25, 0.3) is 10.9 Å². The van der Waals surface area contributed by atoms with E-state index in [1.54, 1.807) is 0 Å². The lowest BCUT2D eigenvalue weighted by molar-refractivity contribution is 0.600. The minimum atomic E-state index is -2.93. The zero-order chi connectivity index (χ0) is 13.9. The normalized spacial score (nSPS) is 11.7. The zero-order valence-electron chi connectivity index (χ0n) is 10.4. The van der Waals surface area contributed by atoms with Gasteiger partial charge in [0.2, 0.25) is 5.28 Å². The topological polar surface area (TPSA) is 72.0 Å². The van der Waals surface area contributed by atoms with Crippen molar-refractivity contribution < 1.29 is 8.42 Å². The second kappa shape index (κ2) is 5.71. The van der Waals surface area contributed by atoms with Gasteiger partial charge in [-0.05, 0) is 30.2 Å². The van der Waals surface area contributed by atoms with Gasteiger partial charge in [-0.15, -0.1) is 0 Å². The summed E-state index contributed by atoms with van der Waals surface area (Å²) < 4.78 is 22.1. The molecule has 0 unspecified atom stereocenters. The van der Waals surface area contributed by atoms with E-state index in [1.165, 1.54) is 6.26 Å². The molecule has 19 heavy (non-hydrogen) atoms. The molecule has 0 fully saturated rings. The van der Waals surface area contributed by atoms with Crippen molar-refractivity contribution in [1.82, 2.24) is 9.97 Å². The van der Waals surface area contributed by atoms with Crippen LogP contribution in [0.5, 0.6) is 0 Å². The van der Waals surface area contributed by atoms with E-state index in [1.807, 2.05) is 24.3 Å². The standard InChI is InChI=1S/C12H14ClN3O2S/c1-19(17,18)8-4-7-14-11-9-5-2-3-6-10(9)15-12(13)16-11/h2-3,5-6H,4,7-8H2,1H3,(H,14,15,16). The Morgan fingerprint density at radius 2 is 2.00 bits per heavy atom. The fraction of sp³-hybridized carbons (Fsp3) is 0.333.